The zero-order valence-electron chi connectivity index (χ0n) is 20.1. The molecule has 0 saturated carbocycles. The Bertz CT molecular complexity index is 1240. The van der Waals surface area contributed by atoms with Crippen molar-refractivity contribution in [2.45, 2.75) is 39.2 Å². The minimum absolute atomic E-state index is 0.00384. The van der Waals surface area contributed by atoms with E-state index in [2.05, 4.69) is 13.8 Å². The normalized spacial score (nSPS) is 17.3. The number of aliphatic hydroxyl groups is 1. The summed E-state index contributed by atoms with van der Waals surface area (Å²) in [5.74, 6) is -0.704. The van der Waals surface area contributed by atoms with Crippen molar-refractivity contribution in [2.75, 3.05) is 11.5 Å². The smallest absolute Gasteiger partial charge is 0.300 e. The maximum atomic E-state index is 13.3. The topological polar surface area (TPSA) is 87.1 Å². The molecule has 1 heterocycles. The number of aromatic hydroxyl groups is 1. The van der Waals surface area contributed by atoms with E-state index in [9.17, 15) is 19.8 Å². The molecule has 2 N–H and O–H groups in total. The molecule has 6 nitrogen and oxygen atoms in total. The third-order valence-corrected chi connectivity index (χ3v) is 6.09. The summed E-state index contributed by atoms with van der Waals surface area (Å²) in [6.45, 7) is 6.75. The van der Waals surface area contributed by atoms with Gasteiger partial charge in [-0.2, -0.15) is 0 Å². The van der Waals surface area contributed by atoms with Gasteiger partial charge >= 0.3 is 0 Å². The van der Waals surface area contributed by atoms with Crippen LogP contribution in [0.4, 0.5) is 5.69 Å². The largest absolute Gasteiger partial charge is 0.508 e. The van der Waals surface area contributed by atoms with Crippen LogP contribution in [0.5, 0.6) is 11.5 Å². The summed E-state index contributed by atoms with van der Waals surface area (Å²) in [5.41, 5.74) is 2.66. The summed E-state index contributed by atoms with van der Waals surface area (Å²) in [4.78, 5) is 27.9. The van der Waals surface area contributed by atoms with Gasteiger partial charge in [-0.05, 0) is 72.0 Å². The monoisotopic (exact) mass is 471 g/mol. The molecular weight excluding hydrogens is 442 g/mol. The van der Waals surface area contributed by atoms with Crippen LogP contribution in [-0.4, -0.2) is 28.5 Å². The number of nitrogens with zero attached hydrogens (tertiary/aromatic N) is 1. The zero-order chi connectivity index (χ0) is 25.1. The third kappa shape index (κ3) is 4.78. The van der Waals surface area contributed by atoms with Crippen LogP contribution in [-0.2, 0) is 9.59 Å². The summed E-state index contributed by atoms with van der Waals surface area (Å²) in [6, 6.07) is 19.7. The van der Waals surface area contributed by atoms with E-state index >= 15 is 0 Å². The number of carbonyl (C=O) groups is 2. The van der Waals surface area contributed by atoms with Gasteiger partial charge in [0.05, 0.1) is 18.2 Å². The van der Waals surface area contributed by atoms with Crippen molar-refractivity contribution >= 4 is 23.1 Å². The Hall–Kier alpha value is -4.06. The van der Waals surface area contributed by atoms with Gasteiger partial charge in [-0.3, -0.25) is 14.5 Å². The Kier molecular flexibility index (Phi) is 6.92. The first-order chi connectivity index (χ1) is 16.8. The van der Waals surface area contributed by atoms with E-state index in [1.54, 1.807) is 36.4 Å². The summed E-state index contributed by atoms with van der Waals surface area (Å²) in [6.07, 6.45) is 0.871. The van der Waals surface area contributed by atoms with Crippen LogP contribution < -0.4 is 9.64 Å². The lowest BCUT2D eigenvalue weighted by molar-refractivity contribution is -0.132. The maximum absolute atomic E-state index is 13.3. The second-order valence-corrected chi connectivity index (χ2v) is 8.88. The predicted molar refractivity (Wildman–Crippen MR) is 136 cm³/mol. The summed E-state index contributed by atoms with van der Waals surface area (Å²) >= 11 is 0. The molecular formula is C29H29NO5. The highest BCUT2D eigenvalue weighted by molar-refractivity contribution is 6.51. The lowest BCUT2D eigenvalue weighted by Crippen LogP contribution is -2.29. The van der Waals surface area contributed by atoms with E-state index in [-0.39, 0.29) is 17.1 Å². The molecule has 6 heteroatoms. The van der Waals surface area contributed by atoms with E-state index in [1.807, 2.05) is 31.2 Å². The molecule has 1 aliphatic rings. The first-order valence-corrected chi connectivity index (χ1v) is 11.7. The lowest BCUT2D eigenvalue weighted by Gasteiger charge is -2.26. The highest BCUT2D eigenvalue weighted by atomic mass is 16.5. The third-order valence-electron chi connectivity index (χ3n) is 6.09. The number of hydrogen-bond acceptors (Lipinski definition) is 5. The first-order valence-electron chi connectivity index (χ1n) is 11.7. The Labute approximate surface area is 205 Å². The summed E-state index contributed by atoms with van der Waals surface area (Å²) in [7, 11) is 0. The van der Waals surface area contributed by atoms with Crippen LogP contribution >= 0.6 is 0 Å². The van der Waals surface area contributed by atoms with Crippen molar-refractivity contribution < 1.29 is 24.5 Å². The fraction of sp³-hybridized carbons (Fsp3) is 0.241. The highest BCUT2D eigenvalue weighted by Crippen LogP contribution is 2.42. The standard InChI is InChI=1S/C29H29NO5/c1-4-17-35-24-15-9-21(10-16-24)27(32)25-26(20-7-13-23(31)14-8-20)30(29(34)28(25)33)22-11-5-19(6-12-22)18(2)3/h5-16,18,26,31-32H,4,17H2,1-3H3/b27-25+. The molecule has 1 atom stereocenters. The van der Waals surface area contributed by atoms with Crippen LogP contribution in [0.1, 0.15) is 55.8 Å². The second-order valence-electron chi connectivity index (χ2n) is 8.88. The van der Waals surface area contributed by atoms with Crippen molar-refractivity contribution in [1.82, 2.24) is 0 Å². The van der Waals surface area contributed by atoms with Crippen LogP contribution in [0.2, 0.25) is 0 Å². The molecule has 4 rings (SSSR count). The number of hydrogen-bond donors (Lipinski definition) is 2. The quantitative estimate of drug-likeness (QED) is 0.253. The van der Waals surface area contributed by atoms with Crippen LogP contribution in [0.25, 0.3) is 5.76 Å². The minimum Gasteiger partial charge on any atom is -0.508 e. The molecule has 3 aromatic rings. The van der Waals surface area contributed by atoms with Gasteiger partial charge in [0.15, 0.2) is 0 Å². The lowest BCUT2D eigenvalue weighted by atomic mass is 9.95. The van der Waals surface area contributed by atoms with Crippen LogP contribution in [0, 0.1) is 0 Å². The van der Waals surface area contributed by atoms with Gasteiger partial charge in [-0.15, -0.1) is 0 Å². The van der Waals surface area contributed by atoms with Gasteiger partial charge in [0.25, 0.3) is 11.7 Å². The van der Waals surface area contributed by atoms with Crippen molar-refractivity contribution in [3.63, 3.8) is 0 Å². The van der Waals surface area contributed by atoms with E-state index in [0.717, 1.165) is 12.0 Å². The van der Waals surface area contributed by atoms with Crippen molar-refractivity contribution in [3.8, 4) is 11.5 Å². The number of ether oxygens (including phenoxy) is 1. The number of aliphatic hydroxyl groups excluding tert-OH is 1. The van der Waals surface area contributed by atoms with Crippen LogP contribution in [0.15, 0.2) is 78.4 Å². The summed E-state index contributed by atoms with van der Waals surface area (Å²) in [5, 5.41) is 21.0. The van der Waals surface area contributed by atoms with Crippen molar-refractivity contribution in [1.29, 1.82) is 0 Å². The minimum atomic E-state index is -0.850. The van der Waals surface area contributed by atoms with Crippen molar-refractivity contribution in [3.05, 3.63) is 95.1 Å². The average Bonchev–Trinajstić information content (AvgIpc) is 3.13. The van der Waals surface area contributed by atoms with Gasteiger partial charge in [0.1, 0.15) is 17.3 Å². The zero-order valence-corrected chi connectivity index (χ0v) is 20.1. The number of amides is 1. The molecule has 1 amide bonds. The molecule has 0 bridgehead atoms. The van der Waals surface area contributed by atoms with Gasteiger partial charge in [-0.1, -0.05) is 45.0 Å². The summed E-state index contributed by atoms with van der Waals surface area (Å²) < 4.78 is 5.61. The second kappa shape index (κ2) is 10.1. The van der Waals surface area contributed by atoms with Crippen molar-refractivity contribution in [2.24, 2.45) is 0 Å². The van der Waals surface area contributed by atoms with E-state index < -0.39 is 17.7 Å². The number of ketones is 1. The van der Waals surface area contributed by atoms with E-state index in [4.69, 9.17) is 4.74 Å². The fourth-order valence-corrected chi connectivity index (χ4v) is 4.18. The molecule has 0 aromatic heterocycles. The van der Waals surface area contributed by atoms with Gasteiger partial charge in [0.2, 0.25) is 0 Å². The highest BCUT2D eigenvalue weighted by Gasteiger charge is 2.47. The maximum Gasteiger partial charge on any atom is 0.300 e. The molecule has 0 radical (unpaired) electrons. The molecule has 0 spiro atoms. The Morgan fingerprint density at radius 2 is 1.57 bits per heavy atom. The van der Waals surface area contributed by atoms with Gasteiger partial charge in [-0.25, -0.2) is 0 Å². The number of benzene rings is 3. The SMILES string of the molecule is CCCOc1ccc(/C(O)=C2\C(=O)C(=O)N(c3ccc(C(C)C)cc3)C2c2ccc(O)cc2)cc1. The van der Waals surface area contributed by atoms with E-state index in [0.29, 0.717) is 35.1 Å². The average molecular weight is 472 g/mol. The molecule has 1 saturated heterocycles. The number of phenols is 1. The van der Waals surface area contributed by atoms with Gasteiger partial charge < -0.3 is 14.9 Å². The Morgan fingerprint density at radius 1 is 0.943 bits per heavy atom. The molecule has 180 valence electrons. The fourth-order valence-electron chi connectivity index (χ4n) is 4.18. The molecule has 1 aliphatic heterocycles. The number of rotatable bonds is 7. The molecule has 0 aliphatic carbocycles. The number of anilines is 1. The predicted octanol–water partition coefficient (Wildman–Crippen LogP) is 5.93. The Morgan fingerprint density at radius 3 is 2.14 bits per heavy atom. The number of phenolic OH excluding ortho intramolecular Hbond substituents is 1. The first kappa shape index (κ1) is 24.1. The molecule has 1 fully saturated rings. The molecule has 1 unspecified atom stereocenters. The Balaban J connectivity index is 1.82. The number of carbonyl (C=O) groups excluding carboxylic acids is 2. The van der Waals surface area contributed by atoms with Crippen LogP contribution in [0.3, 0.4) is 0 Å². The number of Topliss-reactive ketones (excluding diaryl/α,β-unsaturated/α-hetero) is 1. The molecule has 3 aromatic carbocycles. The van der Waals surface area contributed by atoms with Gasteiger partial charge in [0, 0.05) is 11.3 Å². The molecule has 35 heavy (non-hydrogen) atoms. The van der Waals surface area contributed by atoms with E-state index in [1.165, 1.54) is 17.0 Å².